The summed E-state index contributed by atoms with van der Waals surface area (Å²) < 4.78 is 51.4. The van der Waals surface area contributed by atoms with Crippen LogP contribution >= 0.6 is 0 Å². The number of hydrogen-bond donors (Lipinski definition) is 1. The van der Waals surface area contributed by atoms with E-state index in [2.05, 4.69) is 5.10 Å². The lowest BCUT2D eigenvalue weighted by molar-refractivity contribution is -0.137. The summed E-state index contributed by atoms with van der Waals surface area (Å²) in [7, 11) is 0. The van der Waals surface area contributed by atoms with Gasteiger partial charge in [0.25, 0.3) is 0 Å². The van der Waals surface area contributed by atoms with Crippen molar-refractivity contribution < 1.29 is 17.6 Å². The molecule has 2 N–H and O–H groups in total. The molecule has 0 aliphatic carbocycles. The van der Waals surface area contributed by atoms with E-state index in [0.717, 1.165) is 16.8 Å². The summed E-state index contributed by atoms with van der Waals surface area (Å²) in [6, 6.07) is 2.22. The lowest BCUT2D eigenvalue weighted by Gasteiger charge is -2.08. The molecule has 0 aliphatic heterocycles. The molecule has 0 unspecified atom stereocenters. The average molecular weight is 245 g/mol. The SMILES string of the molecule is Nc1cnn(-c2ccc(C(F)(F)F)cc2F)c1. The first-order chi connectivity index (χ1) is 7.88. The zero-order valence-corrected chi connectivity index (χ0v) is 8.37. The Bertz CT molecular complexity index is 545. The first kappa shape index (κ1) is 11.4. The second-order valence-electron chi connectivity index (χ2n) is 3.38. The van der Waals surface area contributed by atoms with Crippen LogP contribution in [0.5, 0.6) is 0 Å². The third kappa shape index (κ3) is 2.22. The van der Waals surface area contributed by atoms with Gasteiger partial charge in [0.2, 0.25) is 0 Å². The van der Waals surface area contributed by atoms with Crippen molar-refractivity contribution in [2.24, 2.45) is 0 Å². The largest absolute Gasteiger partial charge is 0.416 e. The van der Waals surface area contributed by atoms with E-state index >= 15 is 0 Å². The van der Waals surface area contributed by atoms with Gasteiger partial charge in [0.15, 0.2) is 0 Å². The predicted octanol–water partition coefficient (Wildman–Crippen LogP) is 2.61. The Labute approximate surface area is 93.5 Å². The molecule has 17 heavy (non-hydrogen) atoms. The number of anilines is 1. The monoisotopic (exact) mass is 245 g/mol. The summed E-state index contributed by atoms with van der Waals surface area (Å²) in [5.41, 5.74) is 4.54. The minimum atomic E-state index is -4.57. The summed E-state index contributed by atoms with van der Waals surface area (Å²) in [4.78, 5) is 0. The normalized spacial score (nSPS) is 11.8. The van der Waals surface area contributed by atoms with Gasteiger partial charge in [-0.25, -0.2) is 9.07 Å². The first-order valence-electron chi connectivity index (χ1n) is 4.55. The van der Waals surface area contributed by atoms with Crippen molar-refractivity contribution in [1.29, 1.82) is 0 Å². The average Bonchev–Trinajstić information content (AvgIpc) is 2.63. The number of hydrogen-bond acceptors (Lipinski definition) is 2. The number of benzene rings is 1. The number of rotatable bonds is 1. The van der Waals surface area contributed by atoms with Gasteiger partial charge >= 0.3 is 6.18 Å². The maximum atomic E-state index is 13.5. The molecule has 0 radical (unpaired) electrons. The van der Waals surface area contributed by atoms with Gasteiger partial charge < -0.3 is 5.73 Å². The van der Waals surface area contributed by atoms with Crippen LogP contribution in [0.4, 0.5) is 23.2 Å². The van der Waals surface area contributed by atoms with E-state index in [0.29, 0.717) is 11.8 Å². The summed E-state index contributed by atoms with van der Waals surface area (Å²) in [6.45, 7) is 0. The zero-order valence-electron chi connectivity index (χ0n) is 8.37. The molecule has 0 fully saturated rings. The molecule has 0 bridgehead atoms. The maximum Gasteiger partial charge on any atom is 0.416 e. The Balaban J connectivity index is 2.45. The van der Waals surface area contributed by atoms with Crippen molar-refractivity contribution in [3.63, 3.8) is 0 Å². The van der Waals surface area contributed by atoms with Crippen LogP contribution in [0.1, 0.15) is 5.56 Å². The van der Waals surface area contributed by atoms with Gasteiger partial charge in [0.1, 0.15) is 11.5 Å². The number of nitrogen functional groups attached to an aromatic ring is 1. The van der Waals surface area contributed by atoms with Gasteiger partial charge in [-0.05, 0) is 18.2 Å². The van der Waals surface area contributed by atoms with E-state index in [9.17, 15) is 17.6 Å². The number of nitrogens with two attached hydrogens (primary N) is 1. The summed E-state index contributed by atoms with van der Waals surface area (Å²) in [5, 5.41) is 3.71. The fourth-order valence-electron chi connectivity index (χ4n) is 1.34. The van der Waals surface area contributed by atoms with Gasteiger partial charge in [-0.1, -0.05) is 0 Å². The lowest BCUT2D eigenvalue weighted by Crippen LogP contribution is -2.07. The highest BCUT2D eigenvalue weighted by Gasteiger charge is 2.31. The number of alkyl halides is 3. The van der Waals surface area contributed by atoms with Crippen molar-refractivity contribution in [1.82, 2.24) is 9.78 Å². The lowest BCUT2D eigenvalue weighted by atomic mass is 10.2. The van der Waals surface area contributed by atoms with Gasteiger partial charge in [-0.3, -0.25) is 0 Å². The Kier molecular flexibility index (Phi) is 2.53. The first-order valence-corrected chi connectivity index (χ1v) is 4.55. The highest BCUT2D eigenvalue weighted by Crippen LogP contribution is 2.30. The Morgan fingerprint density at radius 3 is 2.41 bits per heavy atom. The molecule has 0 amide bonds. The van der Waals surface area contributed by atoms with E-state index in [1.165, 1.54) is 12.4 Å². The van der Waals surface area contributed by atoms with E-state index in [4.69, 9.17) is 5.73 Å². The van der Waals surface area contributed by atoms with Crippen LogP contribution in [0.3, 0.4) is 0 Å². The molecular formula is C10H7F4N3. The molecule has 1 aromatic heterocycles. The van der Waals surface area contributed by atoms with E-state index in [1.807, 2.05) is 0 Å². The van der Waals surface area contributed by atoms with Gasteiger partial charge in [0, 0.05) is 0 Å². The third-order valence-corrected chi connectivity index (χ3v) is 2.12. The minimum Gasteiger partial charge on any atom is -0.396 e. The molecule has 3 nitrogen and oxygen atoms in total. The Hall–Kier alpha value is -2.05. The van der Waals surface area contributed by atoms with E-state index in [-0.39, 0.29) is 5.69 Å². The van der Waals surface area contributed by atoms with Crippen LogP contribution in [0, 0.1) is 5.82 Å². The van der Waals surface area contributed by atoms with Crippen LogP contribution in [0.15, 0.2) is 30.6 Å². The number of nitrogens with zero attached hydrogens (tertiary/aromatic N) is 2. The molecule has 0 spiro atoms. The van der Waals surface area contributed by atoms with E-state index in [1.54, 1.807) is 0 Å². The second kappa shape index (κ2) is 3.76. The van der Waals surface area contributed by atoms with E-state index < -0.39 is 17.6 Å². The molecule has 0 saturated heterocycles. The zero-order chi connectivity index (χ0) is 12.6. The highest BCUT2D eigenvalue weighted by molar-refractivity contribution is 5.40. The van der Waals surface area contributed by atoms with Crippen molar-refractivity contribution in [3.05, 3.63) is 42.0 Å². The van der Waals surface area contributed by atoms with Gasteiger partial charge in [-0.15, -0.1) is 0 Å². The van der Waals surface area contributed by atoms with Crippen LogP contribution in [0.25, 0.3) is 5.69 Å². The molecule has 0 aliphatic rings. The van der Waals surface area contributed by atoms with Crippen molar-refractivity contribution in [2.75, 3.05) is 5.73 Å². The molecule has 2 aromatic rings. The predicted molar refractivity (Wildman–Crippen MR) is 52.9 cm³/mol. The molecule has 7 heteroatoms. The van der Waals surface area contributed by atoms with Gasteiger partial charge in [0.05, 0.1) is 23.6 Å². The van der Waals surface area contributed by atoms with Crippen molar-refractivity contribution >= 4 is 5.69 Å². The van der Waals surface area contributed by atoms with Crippen molar-refractivity contribution in [2.45, 2.75) is 6.18 Å². The number of aromatic nitrogens is 2. The molecule has 0 atom stereocenters. The molecule has 0 saturated carbocycles. The highest BCUT2D eigenvalue weighted by atomic mass is 19.4. The molecule has 1 heterocycles. The summed E-state index contributed by atoms with van der Waals surface area (Å²) >= 11 is 0. The fourth-order valence-corrected chi connectivity index (χ4v) is 1.34. The second-order valence-corrected chi connectivity index (χ2v) is 3.38. The smallest absolute Gasteiger partial charge is 0.396 e. The maximum absolute atomic E-state index is 13.5. The topological polar surface area (TPSA) is 43.8 Å². The van der Waals surface area contributed by atoms with Crippen LogP contribution in [-0.4, -0.2) is 9.78 Å². The van der Waals surface area contributed by atoms with Crippen molar-refractivity contribution in [3.8, 4) is 5.69 Å². The molecule has 2 rings (SSSR count). The molecular weight excluding hydrogens is 238 g/mol. The fraction of sp³-hybridized carbons (Fsp3) is 0.100. The Morgan fingerprint density at radius 1 is 1.24 bits per heavy atom. The standard InChI is InChI=1S/C10H7F4N3/c11-8-3-6(10(12,13)14)1-2-9(8)17-5-7(15)4-16-17/h1-5H,15H2. The van der Waals surface area contributed by atoms with Crippen LogP contribution in [-0.2, 0) is 6.18 Å². The Morgan fingerprint density at radius 2 is 1.94 bits per heavy atom. The van der Waals surface area contributed by atoms with Crippen LogP contribution < -0.4 is 5.73 Å². The third-order valence-electron chi connectivity index (χ3n) is 2.12. The minimum absolute atomic E-state index is 0.0882. The van der Waals surface area contributed by atoms with Gasteiger partial charge in [-0.2, -0.15) is 18.3 Å². The molecule has 90 valence electrons. The number of halogens is 4. The summed E-state index contributed by atoms with van der Waals surface area (Å²) in [6.07, 6.45) is -1.98. The van der Waals surface area contributed by atoms with Crippen LogP contribution in [0.2, 0.25) is 0 Å². The quantitative estimate of drug-likeness (QED) is 0.785. The summed E-state index contributed by atoms with van der Waals surface area (Å²) in [5.74, 6) is -1.01. The molecule has 1 aromatic carbocycles.